The number of hydrogen-bond acceptors (Lipinski definition) is 5. The number of rotatable bonds is 7. The fourth-order valence-corrected chi connectivity index (χ4v) is 7.14. The van der Waals surface area contributed by atoms with Crippen LogP contribution in [0.25, 0.3) is 48.6 Å². The van der Waals surface area contributed by atoms with Crippen molar-refractivity contribution >= 4 is 31.6 Å². The van der Waals surface area contributed by atoms with Gasteiger partial charge in [-0.05, 0) is 60.2 Å². The average Bonchev–Trinajstić information content (AvgIpc) is 3.65. The van der Waals surface area contributed by atoms with Crippen molar-refractivity contribution in [1.29, 1.82) is 0 Å². The Hall–Kier alpha value is -4.81. The third-order valence-corrected chi connectivity index (χ3v) is 9.19. The molecule has 0 atom stereocenters. The van der Waals surface area contributed by atoms with Gasteiger partial charge in [0.25, 0.3) is 0 Å². The van der Waals surface area contributed by atoms with E-state index in [9.17, 15) is 0 Å². The first-order valence-corrected chi connectivity index (χ1v) is 15.9. The molecule has 4 aromatic heterocycles. The standard InChI is InChI=1S/C38H34N4OS/c1-23(2)28-12-7-13-29(24(3)4)35(28)42-21-20-39-37(42)26-10-6-11-27(22-26)43-34-17-9-16-33(41-34)32-15-8-14-30-31-19-18-25(5)40-38(31)44-36(30)32/h6-24H,1-5H3. The van der Waals surface area contributed by atoms with E-state index in [1.54, 1.807) is 11.3 Å². The highest BCUT2D eigenvalue weighted by atomic mass is 32.1. The summed E-state index contributed by atoms with van der Waals surface area (Å²) in [5.41, 5.74) is 7.78. The number of para-hydroxylation sites is 1. The number of aryl methyl sites for hydroxylation is 1. The lowest BCUT2D eigenvalue weighted by Gasteiger charge is -2.22. The quantitative estimate of drug-likeness (QED) is 0.184. The van der Waals surface area contributed by atoms with Crippen molar-refractivity contribution < 1.29 is 4.74 Å². The molecule has 6 heteroatoms. The molecule has 0 bridgehead atoms. The van der Waals surface area contributed by atoms with E-state index in [-0.39, 0.29) is 0 Å². The molecule has 7 rings (SSSR count). The molecule has 4 heterocycles. The fourth-order valence-electron chi connectivity index (χ4n) is 5.90. The van der Waals surface area contributed by atoms with Gasteiger partial charge in [-0.1, -0.05) is 82.3 Å². The van der Waals surface area contributed by atoms with Crippen molar-refractivity contribution in [2.45, 2.75) is 46.5 Å². The highest BCUT2D eigenvalue weighted by Crippen LogP contribution is 2.39. The van der Waals surface area contributed by atoms with Crippen molar-refractivity contribution in [2.75, 3.05) is 0 Å². The van der Waals surface area contributed by atoms with Crippen molar-refractivity contribution in [1.82, 2.24) is 19.5 Å². The first kappa shape index (κ1) is 28.0. The van der Waals surface area contributed by atoms with Gasteiger partial charge in [0, 0.05) is 50.8 Å². The molecule has 7 aromatic rings. The maximum atomic E-state index is 6.38. The number of imidazole rings is 1. The Morgan fingerprint density at radius 1 is 0.750 bits per heavy atom. The van der Waals surface area contributed by atoms with Crippen LogP contribution in [0.4, 0.5) is 0 Å². The SMILES string of the molecule is Cc1ccc2c(n1)sc1c(-c3cccc(Oc4cccc(-c5nccn5-c5c(C(C)C)cccc5C(C)C)c4)n3)cccc12. The Labute approximate surface area is 261 Å². The zero-order chi connectivity index (χ0) is 30.4. The van der Waals surface area contributed by atoms with E-state index < -0.39 is 0 Å². The second kappa shape index (κ2) is 11.4. The summed E-state index contributed by atoms with van der Waals surface area (Å²) >= 11 is 1.71. The molecule has 0 amide bonds. The smallest absolute Gasteiger partial charge is 0.219 e. The summed E-state index contributed by atoms with van der Waals surface area (Å²) in [6.07, 6.45) is 3.94. The molecule has 218 valence electrons. The van der Waals surface area contributed by atoms with Gasteiger partial charge in [0.1, 0.15) is 16.4 Å². The van der Waals surface area contributed by atoms with Crippen LogP contribution in [0.2, 0.25) is 0 Å². The highest BCUT2D eigenvalue weighted by Gasteiger charge is 2.19. The van der Waals surface area contributed by atoms with Crippen LogP contribution >= 0.6 is 11.3 Å². The first-order chi connectivity index (χ1) is 21.4. The van der Waals surface area contributed by atoms with Crippen molar-refractivity contribution in [2.24, 2.45) is 0 Å². The molecule has 5 nitrogen and oxygen atoms in total. The first-order valence-electron chi connectivity index (χ1n) is 15.1. The molecule has 0 unspecified atom stereocenters. The molecule has 0 fully saturated rings. The van der Waals surface area contributed by atoms with Gasteiger partial charge in [-0.3, -0.25) is 4.57 Å². The van der Waals surface area contributed by atoms with Gasteiger partial charge in [-0.25, -0.2) is 15.0 Å². The van der Waals surface area contributed by atoms with Crippen LogP contribution in [-0.4, -0.2) is 19.5 Å². The summed E-state index contributed by atoms with van der Waals surface area (Å²) in [5.74, 6) is 2.90. The third-order valence-electron chi connectivity index (χ3n) is 8.04. The van der Waals surface area contributed by atoms with Gasteiger partial charge in [0.05, 0.1) is 11.4 Å². The summed E-state index contributed by atoms with van der Waals surface area (Å²) in [4.78, 5) is 15.6. The topological polar surface area (TPSA) is 52.8 Å². The molecule has 0 radical (unpaired) electrons. The molecule has 0 saturated carbocycles. The molecule has 0 aliphatic heterocycles. The lowest BCUT2D eigenvalue weighted by Crippen LogP contribution is -2.07. The zero-order valence-corrected chi connectivity index (χ0v) is 26.4. The predicted octanol–water partition coefficient (Wildman–Crippen LogP) is 10.7. The maximum absolute atomic E-state index is 6.38. The minimum absolute atomic E-state index is 0.380. The highest BCUT2D eigenvalue weighted by molar-refractivity contribution is 7.26. The van der Waals surface area contributed by atoms with Gasteiger partial charge >= 0.3 is 0 Å². The number of hydrogen-bond donors (Lipinski definition) is 0. The normalized spacial score (nSPS) is 11.7. The maximum Gasteiger partial charge on any atom is 0.219 e. The van der Waals surface area contributed by atoms with E-state index in [0.717, 1.165) is 33.2 Å². The Morgan fingerprint density at radius 3 is 2.30 bits per heavy atom. The molecule has 0 aliphatic carbocycles. The molecule has 0 aliphatic rings. The van der Waals surface area contributed by atoms with Crippen LogP contribution in [0.3, 0.4) is 0 Å². The van der Waals surface area contributed by atoms with Crippen LogP contribution < -0.4 is 4.74 Å². The van der Waals surface area contributed by atoms with Gasteiger partial charge in [-0.2, -0.15) is 0 Å². The zero-order valence-electron chi connectivity index (χ0n) is 25.6. The van der Waals surface area contributed by atoms with E-state index in [4.69, 9.17) is 19.7 Å². The number of ether oxygens (including phenoxy) is 1. The molecule has 0 saturated heterocycles. The molecule has 0 N–H and O–H groups in total. The number of nitrogens with zero attached hydrogens (tertiary/aromatic N) is 4. The van der Waals surface area contributed by atoms with Gasteiger partial charge in [0.15, 0.2) is 0 Å². The van der Waals surface area contributed by atoms with Crippen LogP contribution in [0.5, 0.6) is 11.6 Å². The lowest BCUT2D eigenvalue weighted by atomic mass is 9.92. The molecular weight excluding hydrogens is 561 g/mol. The Morgan fingerprint density at radius 2 is 1.50 bits per heavy atom. The van der Waals surface area contributed by atoms with E-state index in [1.165, 1.54) is 32.3 Å². The molecule has 0 spiro atoms. The third kappa shape index (κ3) is 5.05. The van der Waals surface area contributed by atoms with E-state index in [1.807, 2.05) is 49.5 Å². The summed E-state index contributed by atoms with van der Waals surface area (Å²) in [6.45, 7) is 11.0. The van der Waals surface area contributed by atoms with Crippen molar-refractivity contribution in [3.63, 3.8) is 0 Å². The van der Waals surface area contributed by atoms with Crippen molar-refractivity contribution in [3.05, 3.63) is 120 Å². The predicted molar refractivity (Wildman–Crippen MR) is 182 cm³/mol. The van der Waals surface area contributed by atoms with E-state index >= 15 is 0 Å². The van der Waals surface area contributed by atoms with Crippen LogP contribution in [0.15, 0.2) is 103 Å². The summed E-state index contributed by atoms with van der Waals surface area (Å²) in [7, 11) is 0. The van der Waals surface area contributed by atoms with Gasteiger partial charge < -0.3 is 4.74 Å². The summed E-state index contributed by atoms with van der Waals surface area (Å²) in [5, 5.41) is 2.38. The summed E-state index contributed by atoms with van der Waals surface area (Å²) < 4.78 is 9.79. The average molecular weight is 595 g/mol. The number of thiophene rings is 1. The molecule has 44 heavy (non-hydrogen) atoms. The van der Waals surface area contributed by atoms with Crippen LogP contribution in [0.1, 0.15) is 56.4 Å². The number of fused-ring (bicyclic) bond motifs is 3. The molecule has 3 aromatic carbocycles. The minimum atomic E-state index is 0.380. The fraction of sp³-hybridized carbons (Fsp3) is 0.184. The van der Waals surface area contributed by atoms with E-state index in [2.05, 4.69) is 93.1 Å². The van der Waals surface area contributed by atoms with Crippen LogP contribution in [-0.2, 0) is 0 Å². The summed E-state index contributed by atoms with van der Waals surface area (Å²) in [6, 6.07) is 31.3. The number of pyridine rings is 2. The number of aromatic nitrogens is 4. The second-order valence-corrected chi connectivity index (χ2v) is 12.8. The monoisotopic (exact) mass is 594 g/mol. The Kier molecular flexibility index (Phi) is 7.23. The Bertz CT molecular complexity index is 2110. The minimum Gasteiger partial charge on any atom is -0.439 e. The molecular formula is C38H34N4OS. The van der Waals surface area contributed by atoms with Crippen molar-refractivity contribution in [3.8, 4) is 40.0 Å². The van der Waals surface area contributed by atoms with Crippen LogP contribution in [0, 0.1) is 6.92 Å². The largest absolute Gasteiger partial charge is 0.439 e. The Balaban J connectivity index is 1.24. The second-order valence-electron chi connectivity index (χ2n) is 11.8. The van der Waals surface area contributed by atoms with Gasteiger partial charge in [0.2, 0.25) is 5.88 Å². The van der Waals surface area contributed by atoms with Gasteiger partial charge in [-0.15, -0.1) is 11.3 Å². The van der Waals surface area contributed by atoms with E-state index in [0.29, 0.717) is 23.5 Å². The number of benzene rings is 3. The lowest BCUT2D eigenvalue weighted by molar-refractivity contribution is 0.464.